The second-order valence-electron chi connectivity index (χ2n) is 5.67. The number of sulfone groups is 1. The van der Waals surface area contributed by atoms with Crippen molar-refractivity contribution < 1.29 is 21.6 Å². The molecule has 1 aliphatic heterocycles. The monoisotopic (exact) mass is 428 g/mol. The maximum atomic E-state index is 12.7. The number of nitrogens with one attached hydrogen (secondary N) is 1. The summed E-state index contributed by atoms with van der Waals surface area (Å²) in [6.45, 7) is 1.26. The van der Waals surface area contributed by atoms with E-state index < -0.39 is 38.4 Å². The van der Waals surface area contributed by atoms with Crippen LogP contribution in [0.3, 0.4) is 0 Å². The molecule has 0 bridgehead atoms. The Balaban J connectivity index is 2.10. The molecule has 0 aliphatic carbocycles. The third-order valence-electron chi connectivity index (χ3n) is 3.80. The fraction of sp³-hybridized carbons (Fsp3) is 0.500. The van der Waals surface area contributed by atoms with E-state index in [1.807, 2.05) is 0 Å². The number of benzene rings is 1. The zero-order valence-corrected chi connectivity index (χ0v) is 16.6. The van der Waals surface area contributed by atoms with Crippen LogP contribution in [0.15, 0.2) is 23.1 Å². The Morgan fingerprint density at radius 1 is 1.32 bits per heavy atom. The van der Waals surface area contributed by atoms with Crippen molar-refractivity contribution in [3.05, 3.63) is 28.2 Å². The largest absolute Gasteiger partial charge is 0.351 e. The van der Waals surface area contributed by atoms with Gasteiger partial charge in [0.25, 0.3) is 0 Å². The quantitative estimate of drug-likeness (QED) is 0.735. The highest BCUT2D eigenvalue weighted by Gasteiger charge is 2.31. The zero-order valence-electron chi connectivity index (χ0n) is 13.4. The van der Waals surface area contributed by atoms with Crippen molar-refractivity contribution in [1.82, 2.24) is 9.62 Å². The van der Waals surface area contributed by atoms with Crippen LogP contribution >= 0.6 is 23.2 Å². The normalized spacial score (nSPS) is 19.9. The summed E-state index contributed by atoms with van der Waals surface area (Å²) in [6.07, 6.45) is 0.333. The van der Waals surface area contributed by atoms with Crippen molar-refractivity contribution in [3.63, 3.8) is 0 Å². The Labute approximate surface area is 157 Å². The van der Waals surface area contributed by atoms with E-state index in [1.54, 1.807) is 6.92 Å². The van der Waals surface area contributed by atoms with Crippen LogP contribution in [-0.4, -0.2) is 57.7 Å². The molecular formula is C14H18Cl2N2O5S2. The fourth-order valence-corrected chi connectivity index (χ4v) is 5.96. The van der Waals surface area contributed by atoms with Gasteiger partial charge in [0, 0.05) is 12.6 Å². The van der Waals surface area contributed by atoms with Crippen molar-refractivity contribution in [2.75, 3.05) is 24.6 Å². The number of hydrogen-bond donors (Lipinski definition) is 1. The van der Waals surface area contributed by atoms with Gasteiger partial charge in [-0.25, -0.2) is 16.8 Å². The number of likely N-dealkylation sites (N-methyl/N-ethyl adjacent to an activating group) is 1. The van der Waals surface area contributed by atoms with Crippen LogP contribution in [-0.2, 0) is 24.7 Å². The first-order valence-corrected chi connectivity index (χ1v) is 11.5. The molecule has 1 aromatic carbocycles. The van der Waals surface area contributed by atoms with Gasteiger partial charge in [-0.3, -0.25) is 4.79 Å². The maximum Gasteiger partial charge on any atom is 0.243 e. The molecule has 1 aliphatic rings. The summed E-state index contributed by atoms with van der Waals surface area (Å²) in [5, 5.41) is 2.89. The third-order valence-corrected chi connectivity index (χ3v) is 8.22. The number of amides is 1. The lowest BCUT2D eigenvalue weighted by Crippen LogP contribution is -2.44. The molecule has 1 heterocycles. The molecule has 1 N–H and O–H groups in total. The number of sulfonamides is 1. The van der Waals surface area contributed by atoms with E-state index in [0.29, 0.717) is 6.42 Å². The molecule has 7 nitrogen and oxygen atoms in total. The SMILES string of the molecule is CCN(CC(=O)NC1CCS(=O)(=O)C1)S(=O)(=O)c1ccc(Cl)c(Cl)c1. The van der Waals surface area contributed by atoms with Crippen LogP contribution < -0.4 is 5.32 Å². The van der Waals surface area contributed by atoms with Crippen molar-refractivity contribution in [1.29, 1.82) is 0 Å². The minimum Gasteiger partial charge on any atom is -0.351 e. The second kappa shape index (κ2) is 7.79. The van der Waals surface area contributed by atoms with Crippen molar-refractivity contribution in [2.24, 2.45) is 0 Å². The number of hydrogen-bond acceptors (Lipinski definition) is 5. The molecule has 1 unspecified atom stereocenters. The van der Waals surface area contributed by atoms with E-state index in [2.05, 4.69) is 5.32 Å². The molecule has 140 valence electrons. The Morgan fingerprint density at radius 2 is 2.00 bits per heavy atom. The van der Waals surface area contributed by atoms with Gasteiger partial charge in [-0.2, -0.15) is 4.31 Å². The molecule has 2 rings (SSSR count). The molecule has 25 heavy (non-hydrogen) atoms. The summed E-state index contributed by atoms with van der Waals surface area (Å²) in [5.74, 6) is -0.644. The number of carbonyl (C=O) groups is 1. The van der Waals surface area contributed by atoms with Crippen LogP contribution in [0, 0.1) is 0 Å². The molecule has 0 spiro atoms. The summed E-state index contributed by atoms with van der Waals surface area (Å²) in [4.78, 5) is 12.0. The van der Waals surface area contributed by atoms with Crippen molar-refractivity contribution in [2.45, 2.75) is 24.3 Å². The number of nitrogens with zero attached hydrogens (tertiary/aromatic N) is 1. The van der Waals surface area contributed by atoms with Gasteiger partial charge in [0.1, 0.15) is 0 Å². The lowest BCUT2D eigenvalue weighted by Gasteiger charge is -2.21. The summed E-state index contributed by atoms with van der Waals surface area (Å²) in [5.41, 5.74) is 0. The van der Waals surface area contributed by atoms with E-state index in [1.165, 1.54) is 18.2 Å². The average molecular weight is 429 g/mol. The van der Waals surface area contributed by atoms with Gasteiger partial charge in [0.2, 0.25) is 15.9 Å². The molecule has 1 atom stereocenters. The number of rotatable bonds is 6. The molecule has 1 fully saturated rings. The first-order chi connectivity index (χ1) is 11.5. The third kappa shape index (κ3) is 5.07. The summed E-state index contributed by atoms with van der Waals surface area (Å²) < 4.78 is 49.1. The van der Waals surface area contributed by atoms with Gasteiger partial charge >= 0.3 is 0 Å². The molecule has 0 saturated carbocycles. The summed E-state index contributed by atoms with van der Waals surface area (Å²) in [6, 6.07) is 3.43. The van der Waals surface area contributed by atoms with E-state index in [9.17, 15) is 21.6 Å². The Bertz CT molecular complexity index is 871. The highest BCUT2D eigenvalue weighted by Crippen LogP contribution is 2.26. The van der Waals surface area contributed by atoms with Crippen LogP contribution in [0.5, 0.6) is 0 Å². The molecule has 1 aromatic rings. The summed E-state index contributed by atoms with van der Waals surface area (Å²) >= 11 is 11.7. The molecule has 0 radical (unpaired) electrons. The first-order valence-electron chi connectivity index (χ1n) is 7.50. The Morgan fingerprint density at radius 3 is 2.52 bits per heavy atom. The molecule has 1 saturated heterocycles. The average Bonchev–Trinajstić information content (AvgIpc) is 2.85. The van der Waals surface area contributed by atoms with Gasteiger partial charge < -0.3 is 5.32 Å². The van der Waals surface area contributed by atoms with E-state index in [0.717, 1.165) is 4.31 Å². The first kappa shape index (κ1) is 20.4. The van der Waals surface area contributed by atoms with Crippen LogP contribution in [0.2, 0.25) is 10.0 Å². The zero-order chi connectivity index (χ0) is 18.8. The standard InChI is InChI=1S/C14H18Cl2N2O5S2/c1-2-18(8-14(19)17-10-5-6-24(20,21)9-10)25(22,23)11-3-4-12(15)13(16)7-11/h3-4,7,10H,2,5-6,8-9H2,1H3,(H,17,19). The summed E-state index contributed by atoms with van der Waals surface area (Å²) in [7, 11) is -7.06. The second-order valence-corrected chi connectivity index (χ2v) is 10.7. The van der Waals surface area contributed by atoms with Gasteiger partial charge in [-0.1, -0.05) is 30.1 Å². The molecule has 0 aromatic heterocycles. The maximum absolute atomic E-state index is 12.7. The highest BCUT2D eigenvalue weighted by molar-refractivity contribution is 7.91. The van der Waals surface area contributed by atoms with Crippen LogP contribution in [0.1, 0.15) is 13.3 Å². The van der Waals surface area contributed by atoms with Crippen molar-refractivity contribution >= 4 is 49.0 Å². The van der Waals surface area contributed by atoms with E-state index in [-0.39, 0.29) is 33.0 Å². The van der Waals surface area contributed by atoms with Gasteiger partial charge in [0.15, 0.2) is 9.84 Å². The van der Waals surface area contributed by atoms with Crippen LogP contribution in [0.4, 0.5) is 0 Å². The smallest absolute Gasteiger partial charge is 0.243 e. The lowest BCUT2D eigenvalue weighted by atomic mass is 10.2. The molecule has 11 heteroatoms. The Kier molecular flexibility index (Phi) is 6.37. The fourth-order valence-electron chi connectivity index (χ4n) is 2.50. The predicted molar refractivity (Wildman–Crippen MR) is 96.1 cm³/mol. The van der Waals surface area contributed by atoms with E-state index in [4.69, 9.17) is 23.2 Å². The van der Waals surface area contributed by atoms with Gasteiger partial charge in [-0.15, -0.1) is 0 Å². The van der Waals surface area contributed by atoms with Gasteiger partial charge in [-0.05, 0) is 24.6 Å². The molecule has 1 amide bonds. The minimum atomic E-state index is -3.93. The Hall–Kier alpha value is -0.870. The highest BCUT2D eigenvalue weighted by atomic mass is 35.5. The lowest BCUT2D eigenvalue weighted by molar-refractivity contribution is -0.121. The van der Waals surface area contributed by atoms with Crippen LogP contribution in [0.25, 0.3) is 0 Å². The number of carbonyl (C=O) groups excluding carboxylic acids is 1. The minimum absolute atomic E-state index is 0.0248. The number of halogens is 2. The molecular weight excluding hydrogens is 411 g/mol. The van der Waals surface area contributed by atoms with Gasteiger partial charge in [0.05, 0.1) is 33.0 Å². The van der Waals surface area contributed by atoms with Crippen molar-refractivity contribution in [3.8, 4) is 0 Å². The topological polar surface area (TPSA) is 101 Å². The van der Waals surface area contributed by atoms with E-state index >= 15 is 0 Å². The predicted octanol–water partition coefficient (Wildman–Crippen LogP) is 1.31.